The lowest BCUT2D eigenvalue weighted by atomic mass is 10.1. The van der Waals surface area contributed by atoms with E-state index in [0.717, 1.165) is 50.1 Å². The third-order valence-electron chi connectivity index (χ3n) is 6.56. The van der Waals surface area contributed by atoms with E-state index >= 15 is 0 Å². The van der Waals surface area contributed by atoms with Gasteiger partial charge in [-0.05, 0) is 55.2 Å². The molecule has 2 aliphatic heterocycles. The second kappa shape index (κ2) is 13.3. The Balaban J connectivity index is 1.26. The Labute approximate surface area is 218 Å². The van der Waals surface area contributed by atoms with E-state index in [1.165, 1.54) is 0 Å². The molecule has 7 nitrogen and oxygen atoms in total. The molecule has 0 unspecified atom stereocenters. The lowest BCUT2D eigenvalue weighted by Gasteiger charge is -2.30. The van der Waals surface area contributed by atoms with E-state index in [9.17, 15) is 9.90 Å². The summed E-state index contributed by atoms with van der Waals surface area (Å²) >= 11 is 6.04. The molecule has 36 heavy (non-hydrogen) atoms. The fourth-order valence-electron chi connectivity index (χ4n) is 4.71. The van der Waals surface area contributed by atoms with Crippen molar-refractivity contribution < 1.29 is 24.1 Å². The van der Waals surface area contributed by atoms with Gasteiger partial charge in [0, 0.05) is 44.2 Å². The molecule has 1 atom stereocenters. The number of carbonyl (C=O) groups is 1. The van der Waals surface area contributed by atoms with E-state index in [-0.39, 0.29) is 19.1 Å². The number of amides is 1. The molecule has 8 heteroatoms. The predicted molar refractivity (Wildman–Crippen MR) is 140 cm³/mol. The summed E-state index contributed by atoms with van der Waals surface area (Å²) in [6, 6.07) is 15.2. The molecule has 2 saturated heterocycles. The first-order valence-corrected chi connectivity index (χ1v) is 13.3. The molecule has 2 aliphatic rings. The SMILES string of the molecule is O=C1CCCCCN1CCCOc1cccc(CN2CCOC[C@](O)(COc3cccc(Cl)c3)C2)c1. The maximum atomic E-state index is 12.1. The monoisotopic (exact) mass is 516 g/mol. The molecule has 0 aromatic heterocycles. The van der Waals surface area contributed by atoms with Crippen LogP contribution in [0.15, 0.2) is 48.5 Å². The van der Waals surface area contributed by atoms with Crippen LogP contribution in [-0.2, 0) is 16.1 Å². The van der Waals surface area contributed by atoms with Crippen LogP contribution in [0.4, 0.5) is 0 Å². The van der Waals surface area contributed by atoms with Crippen LogP contribution in [0, 0.1) is 0 Å². The first kappa shape index (κ1) is 26.7. The lowest BCUT2D eigenvalue weighted by Crippen LogP contribution is -2.48. The molecule has 4 rings (SSSR count). The van der Waals surface area contributed by atoms with E-state index in [2.05, 4.69) is 11.0 Å². The van der Waals surface area contributed by atoms with E-state index in [0.29, 0.717) is 50.0 Å². The number of nitrogens with zero attached hydrogens (tertiary/aromatic N) is 2. The topological polar surface area (TPSA) is 71.5 Å². The van der Waals surface area contributed by atoms with Gasteiger partial charge in [-0.1, -0.05) is 36.2 Å². The summed E-state index contributed by atoms with van der Waals surface area (Å²) in [4.78, 5) is 16.3. The molecule has 2 aromatic carbocycles. The van der Waals surface area contributed by atoms with Crippen molar-refractivity contribution in [3.63, 3.8) is 0 Å². The highest BCUT2D eigenvalue weighted by molar-refractivity contribution is 6.30. The van der Waals surface area contributed by atoms with Crippen LogP contribution in [0.25, 0.3) is 0 Å². The number of hydrogen-bond acceptors (Lipinski definition) is 6. The standard InChI is InChI=1S/C28H37ClN2O5/c29-24-8-5-10-26(18-24)36-22-28(33)20-30(14-16-34-21-28)19-23-7-4-9-25(17-23)35-15-6-13-31-12-3-1-2-11-27(31)32/h4-5,7-10,17-18,33H,1-3,6,11-16,19-22H2/t28-/m0/s1. The smallest absolute Gasteiger partial charge is 0.222 e. The maximum Gasteiger partial charge on any atom is 0.222 e. The summed E-state index contributed by atoms with van der Waals surface area (Å²) in [6.45, 7) is 4.89. The molecule has 2 aromatic rings. The molecular formula is C28H37ClN2O5. The van der Waals surface area contributed by atoms with Crippen molar-refractivity contribution in [3.05, 3.63) is 59.1 Å². The molecule has 2 heterocycles. The predicted octanol–water partition coefficient (Wildman–Crippen LogP) is 4.15. The summed E-state index contributed by atoms with van der Waals surface area (Å²) in [5.41, 5.74) is -0.0206. The molecule has 0 spiro atoms. The van der Waals surface area contributed by atoms with Gasteiger partial charge in [-0.15, -0.1) is 0 Å². The van der Waals surface area contributed by atoms with Gasteiger partial charge < -0.3 is 24.2 Å². The van der Waals surface area contributed by atoms with Crippen LogP contribution in [0.5, 0.6) is 11.5 Å². The second-order valence-electron chi connectivity index (χ2n) is 9.77. The quantitative estimate of drug-likeness (QED) is 0.478. The van der Waals surface area contributed by atoms with Gasteiger partial charge in [0.15, 0.2) is 0 Å². The van der Waals surface area contributed by atoms with Crippen molar-refractivity contribution in [2.45, 2.75) is 44.2 Å². The number of halogens is 1. The minimum absolute atomic E-state index is 0.118. The molecule has 196 valence electrons. The summed E-state index contributed by atoms with van der Waals surface area (Å²) in [6.07, 6.45) is 4.73. The van der Waals surface area contributed by atoms with Gasteiger partial charge in [0.2, 0.25) is 5.91 Å². The first-order chi connectivity index (χ1) is 17.5. The number of β-amino-alcohol motifs (C(OH)–C–C–N with tert-alkyl or cyclic N) is 1. The largest absolute Gasteiger partial charge is 0.494 e. The van der Waals surface area contributed by atoms with Crippen molar-refractivity contribution >= 4 is 17.5 Å². The maximum absolute atomic E-state index is 12.1. The van der Waals surface area contributed by atoms with Gasteiger partial charge in [-0.3, -0.25) is 9.69 Å². The van der Waals surface area contributed by atoms with E-state index in [4.69, 9.17) is 25.8 Å². The fourth-order valence-corrected chi connectivity index (χ4v) is 4.89. The third kappa shape index (κ3) is 8.37. The van der Waals surface area contributed by atoms with Gasteiger partial charge in [0.05, 0.1) is 19.8 Å². The average Bonchev–Trinajstić information content (AvgIpc) is 3.18. The van der Waals surface area contributed by atoms with Gasteiger partial charge in [0.25, 0.3) is 0 Å². The second-order valence-corrected chi connectivity index (χ2v) is 10.2. The number of carbonyl (C=O) groups excluding carboxylic acids is 1. The molecule has 0 bridgehead atoms. The molecule has 1 amide bonds. The molecular weight excluding hydrogens is 480 g/mol. The summed E-state index contributed by atoms with van der Waals surface area (Å²) in [5.74, 6) is 1.71. The first-order valence-electron chi connectivity index (χ1n) is 12.9. The number of rotatable bonds is 10. The number of likely N-dealkylation sites (tertiary alicyclic amines) is 1. The highest BCUT2D eigenvalue weighted by Gasteiger charge is 2.33. The van der Waals surface area contributed by atoms with Crippen LogP contribution < -0.4 is 9.47 Å². The lowest BCUT2D eigenvalue weighted by molar-refractivity contribution is -0.130. The Kier molecular flexibility index (Phi) is 9.87. The zero-order valence-electron chi connectivity index (χ0n) is 20.9. The molecule has 0 aliphatic carbocycles. The van der Waals surface area contributed by atoms with Gasteiger partial charge in [-0.25, -0.2) is 0 Å². The molecule has 0 radical (unpaired) electrons. The normalized spacial score (nSPS) is 21.6. The number of ether oxygens (including phenoxy) is 3. The minimum atomic E-state index is -1.13. The van der Waals surface area contributed by atoms with E-state index < -0.39 is 5.60 Å². The summed E-state index contributed by atoms with van der Waals surface area (Å²) < 4.78 is 17.5. The Hall–Kier alpha value is -2.32. The highest BCUT2D eigenvalue weighted by Crippen LogP contribution is 2.22. The fraction of sp³-hybridized carbons (Fsp3) is 0.536. The van der Waals surface area contributed by atoms with E-state index in [1.807, 2.05) is 35.2 Å². The van der Waals surface area contributed by atoms with Crippen LogP contribution in [0.2, 0.25) is 5.02 Å². The molecule has 1 N–H and O–H groups in total. The van der Waals surface area contributed by atoms with Crippen LogP contribution in [0.1, 0.15) is 37.7 Å². The molecule has 2 fully saturated rings. The average molecular weight is 517 g/mol. The third-order valence-corrected chi connectivity index (χ3v) is 6.80. The van der Waals surface area contributed by atoms with Crippen molar-refractivity contribution in [2.24, 2.45) is 0 Å². The van der Waals surface area contributed by atoms with Crippen molar-refractivity contribution in [2.75, 3.05) is 52.6 Å². The zero-order chi connectivity index (χ0) is 25.2. The van der Waals surface area contributed by atoms with Gasteiger partial charge >= 0.3 is 0 Å². The number of benzene rings is 2. The minimum Gasteiger partial charge on any atom is -0.494 e. The van der Waals surface area contributed by atoms with Gasteiger partial charge in [0.1, 0.15) is 23.7 Å². The van der Waals surface area contributed by atoms with Gasteiger partial charge in [-0.2, -0.15) is 0 Å². The van der Waals surface area contributed by atoms with Crippen LogP contribution in [-0.4, -0.2) is 79.0 Å². The molecule has 0 saturated carbocycles. The Bertz CT molecular complexity index is 990. The number of aliphatic hydroxyl groups is 1. The summed E-state index contributed by atoms with van der Waals surface area (Å²) in [7, 11) is 0. The highest BCUT2D eigenvalue weighted by atomic mass is 35.5. The van der Waals surface area contributed by atoms with Crippen LogP contribution >= 0.6 is 11.6 Å². The Morgan fingerprint density at radius 1 is 1.03 bits per heavy atom. The Morgan fingerprint density at radius 2 is 1.86 bits per heavy atom. The number of hydrogen-bond donors (Lipinski definition) is 1. The summed E-state index contributed by atoms with van der Waals surface area (Å²) in [5, 5.41) is 11.8. The van der Waals surface area contributed by atoms with E-state index in [1.54, 1.807) is 12.1 Å². The zero-order valence-corrected chi connectivity index (χ0v) is 21.6. The Morgan fingerprint density at radius 3 is 2.72 bits per heavy atom. The van der Waals surface area contributed by atoms with Crippen molar-refractivity contribution in [3.8, 4) is 11.5 Å². The van der Waals surface area contributed by atoms with Crippen molar-refractivity contribution in [1.82, 2.24) is 9.80 Å². The van der Waals surface area contributed by atoms with Crippen molar-refractivity contribution in [1.29, 1.82) is 0 Å². The van der Waals surface area contributed by atoms with Crippen LogP contribution in [0.3, 0.4) is 0 Å².